The molecular formula is C26H26ClN5O4. The van der Waals surface area contributed by atoms with E-state index in [2.05, 4.69) is 10.3 Å². The lowest BCUT2D eigenvalue weighted by Gasteiger charge is -2.30. The lowest BCUT2D eigenvalue weighted by atomic mass is 9.98. The highest BCUT2D eigenvalue weighted by Crippen LogP contribution is 2.28. The van der Waals surface area contributed by atoms with Crippen LogP contribution >= 0.6 is 11.6 Å². The minimum absolute atomic E-state index is 0.0677. The van der Waals surface area contributed by atoms with E-state index >= 15 is 0 Å². The number of fused-ring (bicyclic) bond motifs is 2. The van der Waals surface area contributed by atoms with Crippen LogP contribution in [0.25, 0.3) is 0 Å². The zero-order valence-electron chi connectivity index (χ0n) is 20.1. The van der Waals surface area contributed by atoms with Crippen molar-refractivity contribution in [3.05, 3.63) is 85.8 Å². The Morgan fingerprint density at radius 1 is 1.11 bits per heavy atom. The van der Waals surface area contributed by atoms with E-state index in [-0.39, 0.29) is 23.9 Å². The molecule has 2 aliphatic rings. The molecule has 5 rings (SSSR count). The molecule has 2 aromatic carbocycles. The predicted octanol–water partition coefficient (Wildman–Crippen LogP) is 2.67. The first kappa shape index (κ1) is 23.9. The van der Waals surface area contributed by atoms with Crippen LogP contribution in [0, 0.1) is 0 Å². The summed E-state index contributed by atoms with van der Waals surface area (Å²) >= 11 is 5.95. The summed E-state index contributed by atoms with van der Waals surface area (Å²) in [7, 11) is 3.15. The fraction of sp³-hybridized carbons (Fsp3) is 0.308. The number of halogens is 1. The summed E-state index contributed by atoms with van der Waals surface area (Å²) in [6.45, 7) is 1.03. The smallest absolute Gasteiger partial charge is 0.293 e. The lowest BCUT2D eigenvalue weighted by Crippen LogP contribution is -2.42. The van der Waals surface area contributed by atoms with E-state index in [0.29, 0.717) is 60.1 Å². The number of hydrogen-bond acceptors (Lipinski definition) is 6. The molecule has 0 saturated carbocycles. The quantitative estimate of drug-likeness (QED) is 0.570. The normalized spacial score (nSPS) is 14.8. The van der Waals surface area contributed by atoms with Crippen molar-refractivity contribution in [3.63, 3.8) is 0 Å². The van der Waals surface area contributed by atoms with Gasteiger partial charge in [-0.05, 0) is 47.9 Å². The van der Waals surface area contributed by atoms with E-state index in [4.69, 9.17) is 16.4 Å². The van der Waals surface area contributed by atoms with Gasteiger partial charge in [0.15, 0.2) is 0 Å². The summed E-state index contributed by atoms with van der Waals surface area (Å²) in [6, 6.07) is 12.8. The van der Waals surface area contributed by atoms with E-state index in [1.807, 2.05) is 24.3 Å². The second-order valence-corrected chi connectivity index (χ2v) is 9.33. The topological polar surface area (TPSA) is 96.8 Å². The standard InChI is InChI=1S/C26H26ClN5O4/c1-30-22-9-5-18(13-17(22)6-10-23(30)33)24(34)31-12-11-21-20(15-31)25(35)32(36-2)26(29-21)28-14-16-3-7-19(27)8-4-16/h3-5,7-9,13H,6,10-12,14-15H2,1-2H3,(H,28,29). The van der Waals surface area contributed by atoms with E-state index in [9.17, 15) is 14.4 Å². The Morgan fingerprint density at radius 2 is 1.89 bits per heavy atom. The molecule has 0 saturated heterocycles. The van der Waals surface area contributed by atoms with Crippen molar-refractivity contribution in [2.24, 2.45) is 0 Å². The number of nitrogens with one attached hydrogen (secondary N) is 1. The van der Waals surface area contributed by atoms with Crippen LogP contribution < -0.4 is 20.6 Å². The Bertz CT molecular complexity index is 1400. The molecule has 0 bridgehead atoms. The van der Waals surface area contributed by atoms with Crippen LogP contribution in [0.3, 0.4) is 0 Å². The Kier molecular flexibility index (Phi) is 6.40. The van der Waals surface area contributed by atoms with Crippen LogP contribution in [0.2, 0.25) is 5.02 Å². The van der Waals surface area contributed by atoms with Crippen molar-refractivity contribution < 1.29 is 14.4 Å². The average molecular weight is 508 g/mol. The molecule has 0 atom stereocenters. The molecule has 36 heavy (non-hydrogen) atoms. The third-order valence-electron chi connectivity index (χ3n) is 6.70. The molecule has 3 aromatic rings. The zero-order valence-corrected chi connectivity index (χ0v) is 20.8. The minimum Gasteiger partial charge on any atom is -0.411 e. The first-order chi connectivity index (χ1) is 17.4. The molecular weight excluding hydrogens is 482 g/mol. The van der Waals surface area contributed by atoms with Gasteiger partial charge in [0.2, 0.25) is 11.9 Å². The molecule has 3 heterocycles. The zero-order chi connectivity index (χ0) is 25.4. The summed E-state index contributed by atoms with van der Waals surface area (Å²) in [5.41, 5.74) is 4.08. The maximum Gasteiger partial charge on any atom is 0.293 e. The Morgan fingerprint density at radius 3 is 2.64 bits per heavy atom. The molecule has 0 aliphatic carbocycles. The maximum atomic E-state index is 13.3. The van der Waals surface area contributed by atoms with Gasteiger partial charge in [0.25, 0.3) is 11.5 Å². The molecule has 1 N–H and O–H groups in total. The molecule has 1 aromatic heterocycles. The van der Waals surface area contributed by atoms with Gasteiger partial charge < -0.3 is 20.0 Å². The molecule has 9 nitrogen and oxygen atoms in total. The van der Waals surface area contributed by atoms with Crippen molar-refractivity contribution in [2.75, 3.05) is 30.9 Å². The van der Waals surface area contributed by atoms with E-state index < -0.39 is 0 Å². The van der Waals surface area contributed by atoms with Crippen LogP contribution in [0.5, 0.6) is 0 Å². The largest absolute Gasteiger partial charge is 0.411 e. The van der Waals surface area contributed by atoms with Crippen LogP contribution in [-0.2, 0) is 30.7 Å². The monoisotopic (exact) mass is 507 g/mol. The van der Waals surface area contributed by atoms with Crippen molar-refractivity contribution in [2.45, 2.75) is 32.4 Å². The predicted molar refractivity (Wildman–Crippen MR) is 136 cm³/mol. The number of carbonyl (C=O) groups excluding carboxylic acids is 2. The first-order valence-electron chi connectivity index (χ1n) is 11.7. The van der Waals surface area contributed by atoms with Gasteiger partial charge in [-0.2, -0.15) is 0 Å². The lowest BCUT2D eigenvalue weighted by molar-refractivity contribution is -0.118. The second-order valence-electron chi connectivity index (χ2n) is 8.90. The van der Waals surface area contributed by atoms with Gasteiger partial charge in [0, 0.05) is 49.3 Å². The third kappa shape index (κ3) is 4.42. The highest BCUT2D eigenvalue weighted by atomic mass is 35.5. The number of benzene rings is 2. The van der Waals surface area contributed by atoms with Gasteiger partial charge >= 0.3 is 0 Å². The number of aromatic nitrogens is 2. The van der Waals surface area contributed by atoms with Crippen molar-refractivity contribution in [1.29, 1.82) is 0 Å². The number of rotatable bonds is 5. The molecule has 2 aliphatic heterocycles. The van der Waals surface area contributed by atoms with Crippen molar-refractivity contribution in [3.8, 4) is 0 Å². The third-order valence-corrected chi connectivity index (χ3v) is 6.95. The number of anilines is 2. The number of nitrogens with zero attached hydrogens (tertiary/aromatic N) is 4. The van der Waals surface area contributed by atoms with E-state index in [0.717, 1.165) is 21.5 Å². The fourth-order valence-electron chi connectivity index (χ4n) is 4.67. The SMILES string of the molecule is COn1c(NCc2ccc(Cl)cc2)nc2c(c1=O)CN(C(=O)c1ccc3c(c1)CCC(=O)N3C)CC2. The van der Waals surface area contributed by atoms with Crippen LogP contribution in [0.15, 0.2) is 47.3 Å². The van der Waals surface area contributed by atoms with Gasteiger partial charge in [-0.15, -0.1) is 4.73 Å². The van der Waals surface area contributed by atoms with Gasteiger partial charge in [0.05, 0.1) is 17.8 Å². The molecule has 186 valence electrons. The van der Waals surface area contributed by atoms with Crippen molar-refractivity contribution >= 4 is 35.1 Å². The molecule has 0 spiro atoms. The Balaban J connectivity index is 1.36. The summed E-state index contributed by atoms with van der Waals surface area (Å²) in [5.74, 6) is 0.221. The Hall–Kier alpha value is -3.85. The van der Waals surface area contributed by atoms with Gasteiger partial charge in [0.1, 0.15) is 7.11 Å². The van der Waals surface area contributed by atoms with Crippen LogP contribution in [0.1, 0.15) is 39.2 Å². The van der Waals surface area contributed by atoms with Gasteiger partial charge in [-0.3, -0.25) is 14.4 Å². The molecule has 10 heteroatoms. The number of amides is 2. The molecule has 0 fully saturated rings. The van der Waals surface area contributed by atoms with Gasteiger partial charge in [-0.1, -0.05) is 23.7 Å². The van der Waals surface area contributed by atoms with E-state index in [1.54, 1.807) is 35.0 Å². The molecule has 2 amide bonds. The molecule has 0 radical (unpaired) electrons. The highest BCUT2D eigenvalue weighted by Gasteiger charge is 2.28. The minimum atomic E-state index is -0.343. The fourth-order valence-corrected chi connectivity index (χ4v) is 4.80. The van der Waals surface area contributed by atoms with Crippen molar-refractivity contribution in [1.82, 2.24) is 14.6 Å². The van der Waals surface area contributed by atoms with Crippen LogP contribution in [-0.4, -0.2) is 47.1 Å². The van der Waals surface area contributed by atoms with Crippen LogP contribution in [0.4, 0.5) is 11.6 Å². The van der Waals surface area contributed by atoms with Gasteiger partial charge in [-0.25, -0.2) is 4.98 Å². The number of hydrogen-bond donors (Lipinski definition) is 1. The highest BCUT2D eigenvalue weighted by molar-refractivity contribution is 6.30. The summed E-state index contributed by atoms with van der Waals surface area (Å²) in [5, 5.41) is 3.81. The Labute approximate surface area is 213 Å². The summed E-state index contributed by atoms with van der Waals surface area (Å²) in [6.07, 6.45) is 1.49. The number of aryl methyl sites for hydroxylation is 1. The first-order valence-corrected chi connectivity index (χ1v) is 12.1. The number of carbonyl (C=O) groups is 2. The second kappa shape index (κ2) is 9.66. The van der Waals surface area contributed by atoms with E-state index in [1.165, 1.54) is 7.11 Å². The average Bonchev–Trinajstić information content (AvgIpc) is 2.90. The summed E-state index contributed by atoms with van der Waals surface area (Å²) in [4.78, 5) is 51.8. The summed E-state index contributed by atoms with van der Waals surface area (Å²) < 4.78 is 1.12. The maximum absolute atomic E-state index is 13.3. The molecule has 0 unspecified atom stereocenters.